The number of carbonyl (C=O) groups excluding carboxylic acids is 1. The van der Waals surface area contributed by atoms with Crippen molar-refractivity contribution in [1.82, 2.24) is 4.90 Å². The number of fused-ring (bicyclic) bond motifs is 1. The molecular weight excluding hydrogens is 466 g/mol. The number of allylic oxidation sites excluding steroid dienone is 1. The number of carbonyl (C=O) groups is 1. The minimum absolute atomic E-state index is 0.0775. The number of nitrogens with zero attached hydrogens (tertiary/aromatic N) is 1. The van der Waals surface area contributed by atoms with Gasteiger partial charge in [-0.25, -0.2) is 0 Å². The molecule has 1 aliphatic heterocycles. The highest BCUT2D eigenvalue weighted by molar-refractivity contribution is 9.10. The fourth-order valence-corrected chi connectivity index (χ4v) is 4.96. The molecule has 32 heavy (non-hydrogen) atoms. The predicted molar refractivity (Wildman–Crippen MR) is 134 cm³/mol. The molecule has 5 heteroatoms. The molecular formula is C27H30BrNO3. The van der Waals surface area contributed by atoms with Crippen LogP contribution in [0.15, 0.2) is 51.6 Å². The molecule has 1 aliphatic rings. The van der Waals surface area contributed by atoms with E-state index < -0.39 is 0 Å². The molecule has 0 spiro atoms. The van der Waals surface area contributed by atoms with E-state index in [1.54, 1.807) is 12.3 Å². The van der Waals surface area contributed by atoms with Crippen LogP contribution in [0.5, 0.6) is 5.75 Å². The molecule has 168 valence electrons. The Hall–Kier alpha value is -2.53. The highest BCUT2D eigenvalue weighted by Gasteiger charge is 2.22. The normalized spacial score (nSPS) is 17.1. The third-order valence-corrected chi connectivity index (χ3v) is 6.69. The number of piperidine rings is 1. The van der Waals surface area contributed by atoms with Crippen molar-refractivity contribution in [3.05, 3.63) is 58.3 Å². The Kier molecular flexibility index (Phi) is 6.75. The average Bonchev–Trinajstić information content (AvgIpc) is 3.20. The van der Waals surface area contributed by atoms with Gasteiger partial charge in [0.2, 0.25) is 5.91 Å². The summed E-state index contributed by atoms with van der Waals surface area (Å²) in [7, 11) is 0. The Morgan fingerprint density at radius 1 is 1.34 bits per heavy atom. The van der Waals surface area contributed by atoms with Crippen LogP contribution in [0, 0.1) is 12.8 Å². The zero-order valence-corrected chi connectivity index (χ0v) is 20.8. The molecule has 1 atom stereocenters. The number of hydrogen-bond donors (Lipinski definition) is 0. The number of likely N-dealkylation sites (tertiary alicyclic amines) is 1. The summed E-state index contributed by atoms with van der Waals surface area (Å²) in [4.78, 5) is 15.0. The van der Waals surface area contributed by atoms with Crippen molar-refractivity contribution in [3.63, 3.8) is 0 Å². The first kappa shape index (κ1) is 22.7. The van der Waals surface area contributed by atoms with E-state index in [9.17, 15) is 4.79 Å². The number of hydrogen-bond acceptors (Lipinski definition) is 3. The van der Waals surface area contributed by atoms with Gasteiger partial charge < -0.3 is 14.1 Å². The van der Waals surface area contributed by atoms with Gasteiger partial charge in [0.1, 0.15) is 11.3 Å². The van der Waals surface area contributed by atoms with Gasteiger partial charge in [-0.05, 0) is 68.9 Å². The molecule has 0 radical (unpaired) electrons. The van der Waals surface area contributed by atoms with Gasteiger partial charge in [-0.2, -0.15) is 0 Å². The summed E-state index contributed by atoms with van der Waals surface area (Å²) in [5.41, 5.74) is 5.71. The summed E-state index contributed by atoms with van der Waals surface area (Å²) in [6.07, 6.45) is 5.83. The van der Waals surface area contributed by atoms with E-state index in [0.29, 0.717) is 12.5 Å². The molecule has 2 aromatic carbocycles. The maximum absolute atomic E-state index is 13.0. The van der Waals surface area contributed by atoms with Crippen LogP contribution in [0.1, 0.15) is 44.7 Å². The summed E-state index contributed by atoms with van der Waals surface area (Å²) >= 11 is 3.56. The van der Waals surface area contributed by atoms with Gasteiger partial charge in [-0.15, -0.1) is 0 Å². The van der Waals surface area contributed by atoms with Crippen molar-refractivity contribution < 1.29 is 13.9 Å². The fourth-order valence-electron chi connectivity index (χ4n) is 4.56. The van der Waals surface area contributed by atoms with Gasteiger partial charge in [0.25, 0.3) is 0 Å². The first-order chi connectivity index (χ1) is 15.4. The third kappa shape index (κ3) is 4.49. The number of amides is 1. The lowest BCUT2D eigenvalue weighted by Crippen LogP contribution is -2.38. The second-order valence-corrected chi connectivity index (χ2v) is 9.62. The molecule has 1 saturated heterocycles. The maximum Gasteiger partial charge on any atom is 0.246 e. The smallest absolute Gasteiger partial charge is 0.246 e. The molecule has 0 aliphatic carbocycles. The quantitative estimate of drug-likeness (QED) is 0.350. The van der Waals surface area contributed by atoms with Crippen LogP contribution in [0.3, 0.4) is 0 Å². The first-order valence-electron chi connectivity index (χ1n) is 11.3. The molecule has 4 nitrogen and oxygen atoms in total. The van der Waals surface area contributed by atoms with Gasteiger partial charge in [-0.1, -0.05) is 35.0 Å². The van der Waals surface area contributed by atoms with Crippen molar-refractivity contribution in [2.24, 2.45) is 5.92 Å². The van der Waals surface area contributed by atoms with E-state index in [0.717, 1.165) is 68.5 Å². The van der Waals surface area contributed by atoms with E-state index in [1.807, 2.05) is 37.8 Å². The molecule has 0 N–H and O–H groups in total. The molecule has 1 amide bonds. The lowest BCUT2D eigenvalue weighted by molar-refractivity contribution is -0.127. The molecule has 3 aromatic rings. The topological polar surface area (TPSA) is 42.7 Å². The summed E-state index contributed by atoms with van der Waals surface area (Å²) in [5.74, 6) is 1.41. The standard InChI is InChI=1S/C27H30BrNO3/c1-5-31-26-19(4)27-23(24(16-32-27)20-9-6-10-21(28)13-20)14-22(26)18(3)12-25(30)29-11-7-8-17(2)15-29/h6,9-10,12-14,16-17H,5,7-8,11,15H2,1-4H3/b18-12+. The predicted octanol–water partition coefficient (Wildman–Crippen LogP) is 7.23. The Bertz CT molecular complexity index is 1180. The van der Waals surface area contributed by atoms with Crippen molar-refractivity contribution in [3.8, 4) is 16.9 Å². The highest BCUT2D eigenvalue weighted by atomic mass is 79.9. The molecule has 0 saturated carbocycles. The van der Waals surface area contributed by atoms with Gasteiger partial charge in [0, 0.05) is 45.7 Å². The maximum atomic E-state index is 13.0. The van der Waals surface area contributed by atoms with Crippen molar-refractivity contribution in [2.45, 2.75) is 40.5 Å². The summed E-state index contributed by atoms with van der Waals surface area (Å²) in [6.45, 7) is 10.4. The molecule has 0 bridgehead atoms. The number of aryl methyl sites for hydroxylation is 1. The lowest BCUT2D eigenvalue weighted by atomic mass is 9.96. The van der Waals surface area contributed by atoms with Crippen LogP contribution in [-0.4, -0.2) is 30.5 Å². The first-order valence-corrected chi connectivity index (χ1v) is 12.1. The van der Waals surface area contributed by atoms with E-state index in [2.05, 4.69) is 41.1 Å². The zero-order valence-electron chi connectivity index (χ0n) is 19.2. The van der Waals surface area contributed by atoms with Crippen molar-refractivity contribution in [2.75, 3.05) is 19.7 Å². The van der Waals surface area contributed by atoms with E-state index in [4.69, 9.17) is 9.15 Å². The molecule has 1 aromatic heterocycles. The monoisotopic (exact) mass is 495 g/mol. The SMILES string of the molecule is CCOc1c(/C(C)=C/C(=O)N2CCCC(C)C2)cc2c(-c3cccc(Br)c3)coc2c1C. The van der Waals surface area contributed by atoms with E-state index >= 15 is 0 Å². The van der Waals surface area contributed by atoms with Crippen LogP contribution in [0.4, 0.5) is 0 Å². The highest BCUT2D eigenvalue weighted by Crippen LogP contribution is 2.41. The number of ether oxygens (including phenoxy) is 1. The van der Waals surface area contributed by atoms with Crippen molar-refractivity contribution in [1.29, 1.82) is 0 Å². The minimum atomic E-state index is 0.0775. The van der Waals surface area contributed by atoms with E-state index in [1.165, 1.54) is 6.42 Å². The van der Waals surface area contributed by atoms with Crippen LogP contribution >= 0.6 is 15.9 Å². The Morgan fingerprint density at radius 2 is 2.16 bits per heavy atom. The summed E-state index contributed by atoms with van der Waals surface area (Å²) in [5, 5.41) is 1.02. The second-order valence-electron chi connectivity index (χ2n) is 8.71. The molecule has 1 unspecified atom stereocenters. The van der Waals surface area contributed by atoms with Gasteiger partial charge in [0.15, 0.2) is 0 Å². The average molecular weight is 496 g/mol. The Balaban J connectivity index is 1.80. The number of halogens is 1. The third-order valence-electron chi connectivity index (χ3n) is 6.20. The molecule has 1 fully saturated rings. The largest absolute Gasteiger partial charge is 0.493 e. The number of rotatable bonds is 5. The molecule has 2 heterocycles. The summed E-state index contributed by atoms with van der Waals surface area (Å²) < 4.78 is 13.1. The minimum Gasteiger partial charge on any atom is -0.493 e. The van der Waals surface area contributed by atoms with Crippen LogP contribution in [0.2, 0.25) is 0 Å². The molecule has 4 rings (SSSR count). The fraction of sp³-hybridized carbons (Fsp3) is 0.370. The van der Waals surface area contributed by atoms with Crippen LogP contribution in [0.25, 0.3) is 27.7 Å². The lowest BCUT2D eigenvalue weighted by Gasteiger charge is -2.30. The second kappa shape index (κ2) is 9.53. The van der Waals surface area contributed by atoms with Gasteiger partial charge in [-0.3, -0.25) is 4.79 Å². The number of benzene rings is 2. The van der Waals surface area contributed by atoms with Gasteiger partial charge >= 0.3 is 0 Å². The van der Waals surface area contributed by atoms with E-state index in [-0.39, 0.29) is 5.91 Å². The van der Waals surface area contributed by atoms with Crippen LogP contribution < -0.4 is 4.74 Å². The Labute approximate surface area is 198 Å². The van der Waals surface area contributed by atoms with Gasteiger partial charge in [0.05, 0.1) is 12.9 Å². The number of furan rings is 1. The summed E-state index contributed by atoms with van der Waals surface area (Å²) in [6, 6.07) is 10.3. The zero-order chi connectivity index (χ0) is 22.8. The van der Waals surface area contributed by atoms with Crippen molar-refractivity contribution >= 4 is 38.4 Å². The van der Waals surface area contributed by atoms with Crippen LogP contribution in [-0.2, 0) is 4.79 Å². The Morgan fingerprint density at radius 3 is 2.88 bits per heavy atom.